The Morgan fingerprint density at radius 2 is 2.33 bits per heavy atom. The molecule has 80 valence electrons. The molecule has 0 amide bonds. The Balaban J connectivity index is 2.27. The number of hydrogen-bond acceptors (Lipinski definition) is 3. The van der Waals surface area contributed by atoms with Gasteiger partial charge in [-0.05, 0) is 19.1 Å². The Hall–Kier alpha value is -1.13. The fourth-order valence-corrected chi connectivity index (χ4v) is 2.24. The minimum atomic E-state index is 0.291. The Morgan fingerprint density at radius 3 is 2.93 bits per heavy atom. The second-order valence-electron chi connectivity index (χ2n) is 3.73. The lowest BCUT2D eigenvalue weighted by atomic mass is 10.2. The molecule has 0 saturated heterocycles. The highest BCUT2D eigenvalue weighted by molar-refractivity contribution is 7.15. The number of aromatic amines is 1. The SMILES string of the molecule is Cc1ccc(-c2cnc(C(C)CN)[nH]2)s1. The third-order valence-corrected chi connectivity index (χ3v) is 3.46. The van der Waals surface area contributed by atoms with Crippen molar-refractivity contribution in [3.8, 4) is 10.6 Å². The maximum absolute atomic E-state index is 5.60. The van der Waals surface area contributed by atoms with Crippen molar-refractivity contribution >= 4 is 11.3 Å². The fraction of sp³-hybridized carbons (Fsp3) is 0.364. The van der Waals surface area contributed by atoms with Gasteiger partial charge in [-0.15, -0.1) is 11.3 Å². The van der Waals surface area contributed by atoms with E-state index >= 15 is 0 Å². The van der Waals surface area contributed by atoms with Crippen molar-refractivity contribution in [3.05, 3.63) is 29.0 Å². The summed E-state index contributed by atoms with van der Waals surface area (Å²) in [5.41, 5.74) is 6.69. The molecular formula is C11H15N3S. The van der Waals surface area contributed by atoms with E-state index in [1.807, 2.05) is 6.20 Å². The largest absolute Gasteiger partial charge is 0.341 e. The monoisotopic (exact) mass is 221 g/mol. The Bertz CT molecular complexity index is 444. The normalized spacial score (nSPS) is 13.0. The molecule has 3 nitrogen and oxygen atoms in total. The summed E-state index contributed by atoms with van der Waals surface area (Å²) in [5.74, 6) is 1.26. The molecule has 1 unspecified atom stereocenters. The first-order valence-corrected chi connectivity index (χ1v) is 5.84. The second-order valence-corrected chi connectivity index (χ2v) is 5.02. The molecule has 2 aromatic rings. The van der Waals surface area contributed by atoms with Crippen LogP contribution in [-0.4, -0.2) is 16.5 Å². The lowest BCUT2D eigenvalue weighted by Gasteiger charge is -2.02. The third kappa shape index (κ3) is 2.11. The average Bonchev–Trinajstić information content (AvgIpc) is 2.84. The summed E-state index contributed by atoms with van der Waals surface area (Å²) in [6.07, 6.45) is 1.88. The number of thiophene rings is 1. The molecule has 2 rings (SSSR count). The van der Waals surface area contributed by atoms with Gasteiger partial charge in [0.25, 0.3) is 0 Å². The first-order valence-electron chi connectivity index (χ1n) is 5.02. The van der Waals surface area contributed by atoms with E-state index in [1.165, 1.54) is 9.75 Å². The maximum atomic E-state index is 5.60. The predicted octanol–water partition coefficient (Wildman–Crippen LogP) is 2.51. The standard InChI is InChI=1S/C11H15N3S/c1-7(5-12)11-13-6-9(14-11)10-4-3-8(2)15-10/h3-4,6-7H,5,12H2,1-2H3,(H,13,14). The van der Waals surface area contributed by atoms with Crippen LogP contribution in [0, 0.1) is 6.92 Å². The van der Waals surface area contributed by atoms with E-state index in [4.69, 9.17) is 5.73 Å². The minimum Gasteiger partial charge on any atom is -0.341 e. The van der Waals surface area contributed by atoms with Gasteiger partial charge in [0.1, 0.15) is 5.82 Å². The van der Waals surface area contributed by atoms with E-state index in [0.29, 0.717) is 12.5 Å². The molecule has 2 heterocycles. The molecule has 0 aliphatic carbocycles. The molecule has 3 N–H and O–H groups in total. The molecule has 0 spiro atoms. The van der Waals surface area contributed by atoms with Crippen LogP contribution in [0.25, 0.3) is 10.6 Å². The van der Waals surface area contributed by atoms with Gasteiger partial charge in [-0.2, -0.15) is 0 Å². The zero-order valence-electron chi connectivity index (χ0n) is 8.95. The van der Waals surface area contributed by atoms with Crippen LogP contribution in [0.15, 0.2) is 18.3 Å². The predicted molar refractivity (Wildman–Crippen MR) is 64.1 cm³/mol. The van der Waals surface area contributed by atoms with Gasteiger partial charge < -0.3 is 10.7 Å². The van der Waals surface area contributed by atoms with Crippen molar-refractivity contribution in [2.24, 2.45) is 5.73 Å². The van der Waals surface area contributed by atoms with E-state index in [0.717, 1.165) is 11.5 Å². The molecule has 0 saturated carbocycles. The lowest BCUT2D eigenvalue weighted by molar-refractivity contribution is 0.725. The highest BCUT2D eigenvalue weighted by Gasteiger charge is 2.09. The molecule has 0 radical (unpaired) electrons. The highest BCUT2D eigenvalue weighted by Crippen LogP contribution is 2.26. The highest BCUT2D eigenvalue weighted by atomic mass is 32.1. The lowest BCUT2D eigenvalue weighted by Crippen LogP contribution is -2.10. The Morgan fingerprint density at radius 1 is 1.53 bits per heavy atom. The van der Waals surface area contributed by atoms with Crippen molar-refractivity contribution in [1.29, 1.82) is 0 Å². The Labute approximate surface area is 93.4 Å². The van der Waals surface area contributed by atoms with Crippen LogP contribution < -0.4 is 5.73 Å². The van der Waals surface area contributed by atoms with Gasteiger partial charge in [-0.1, -0.05) is 6.92 Å². The zero-order chi connectivity index (χ0) is 10.8. The maximum Gasteiger partial charge on any atom is 0.110 e. The van der Waals surface area contributed by atoms with Crippen LogP contribution in [0.4, 0.5) is 0 Å². The van der Waals surface area contributed by atoms with Crippen LogP contribution in [0.2, 0.25) is 0 Å². The van der Waals surface area contributed by atoms with Crippen LogP contribution in [0.1, 0.15) is 23.5 Å². The smallest absolute Gasteiger partial charge is 0.110 e. The Kier molecular flexibility index (Phi) is 2.88. The van der Waals surface area contributed by atoms with Crippen molar-refractivity contribution in [1.82, 2.24) is 9.97 Å². The van der Waals surface area contributed by atoms with Gasteiger partial charge in [0.05, 0.1) is 16.8 Å². The van der Waals surface area contributed by atoms with Gasteiger partial charge in [0.2, 0.25) is 0 Å². The van der Waals surface area contributed by atoms with Crippen LogP contribution in [-0.2, 0) is 0 Å². The molecule has 2 aromatic heterocycles. The molecule has 15 heavy (non-hydrogen) atoms. The topological polar surface area (TPSA) is 54.7 Å². The minimum absolute atomic E-state index is 0.291. The third-order valence-electron chi connectivity index (χ3n) is 2.42. The summed E-state index contributed by atoms with van der Waals surface area (Å²) >= 11 is 1.77. The molecular weight excluding hydrogens is 206 g/mol. The second kappa shape index (κ2) is 4.16. The fourth-order valence-electron chi connectivity index (χ4n) is 1.40. The number of aryl methyl sites for hydroxylation is 1. The average molecular weight is 221 g/mol. The summed E-state index contributed by atoms with van der Waals surface area (Å²) < 4.78 is 0. The summed E-state index contributed by atoms with van der Waals surface area (Å²) in [6, 6.07) is 4.23. The van der Waals surface area contributed by atoms with Gasteiger partial charge in [-0.25, -0.2) is 4.98 Å². The van der Waals surface area contributed by atoms with Crippen molar-refractivity contribution < 1.29 is 0 Å². The van der Waals surface area contributed by atoms with Gasteiger partial charge >= 0.3 is 0 Å². The molecule has 0 bridgehead atoms. The molecule has 4 heteroatoms. The van der Waals surface area contributed by atoms with Gasteiger partial charge in [0.15, 0.2) is 0 Å². The summed E-state index contributed by atoms with van der Waals surface area (Å²) in [7, 11) is 0. The van der Waals surface area contributed by atoms with E-state index in [2.05, 4.69) is 35.9 Å². The van der Waals surface area contributed by atoms with E-state index in [9.17, 15) is 0 Å². The van der Waals surface area contributed by atoms with E-state index in [-0.39, 0.29) is 0 Å². The first-order chi connectivity index (χ1) is 7.20. The number of rotatable bonds is 3. The molecule has 0 aliphatic rings. The quantitative estimate of drug-likeness (QED) is 0.836. The summed E-state index contributed by atoms with van der Waals surface area (Å²) in [4.78, 5) is 10.2. The molecule has 0 aromatic carbocycles. The number of hydrogen-bond donors (Lipinski definition) is 2. The molecule has 0 fully saturated rings. The van der Waals surface area contributed by atoms with Gasteiger partial charge in [-0.3, -0.25) is 0 Å². The van der Waals surface area contributed by atoms with Crippen molar-refractivity contribution in [2.45, 2.75) is 19.8 Å². The van der Waals surface area contributed by atoms with Crippen molar-refractivity contribution in [2.75, 3.05) is 6.54 Å². The van der Waals surface area contributed by atoms with Crippen LogP contribution in [0.3, 0.4) is 0 Å². The summed E-state index contributed by atoms with van der Waals surface area (Å²) in [5, 5.41) is 0. The number of aromatic nitrogens is 2. The van der Waals surface area contributed by atoms with Gasteiger partial charge in [0, 0.05) is 17.3 Å². The van der Waals surface area contributed by atoms with Crippen LogP contribution in [0.5, 0.6) is 0 Å². The first kappa shape index (κ1) is 10.4. The number of nitrogens with zero attached hydrogens (tertiary/aromatic N) is 1. The number of nitrogens with one attached hydrogen (secondary N) is 1. The number of imidazole rings is 1. The van der Waals surface area contributed by atoms with Crippen LogP contribution >= 0.6 is 11.3 Å². The van der Waals surface area contributed by atoms with Crippen molar-refractivity contribution in [3.63, 3.8) is 0 Å². The number of nitrogens with two attached hydrogens (primary N) is 1. The molecule has 0 aliphatic heterocycles. The van der Waals surface area contributed by atoms with E-state index in [1.54, 1.807) is 11.3 Å². The number of H-pyrrole nitrogens is 1. The zero-order valence-corrected chi connectivity index (χ0v) is 9.77. The van der Waals surface area contributed by atoms with E-state index < -0.39 is 0 Å². The summed E-state index contributed by atoms with van der Waals surface area (Å²) in [6.45, 7) is 4.80. The molecule has 1 atom stereocenters.